The third kappa shape index (κ3) is 7.17. The number of fused-ring (bicyclic) bond motifs is 1. The summed E-state index contributed by atoms with van der Waals surface area (Å²) in [4.78, 5) is 0. The second kappa shape index (κ2) is 13.0. The van der Waals surface area contributed by atoms with Crippen LogP contribution in [0.5, 0.6) is 5.75 Å². The number of nitrogens with zero attached hydrogens (tertiary/aromatic N) is 1. The minimum Gasteiger partial charge on any atom is -0.494 e. The zero-order chi connectivity index (χ0) is 26.0. The monoisotopic (exact) mass is 497 g/mol. The molecule has 0 aliphatic rings. The van der Waals surface area contributed by atoms with Gasteiger partial charge in [-0.05, 0) is 84.0 Å². The lowest BCUT2D eigenvalue weighted by molar-refractivity contribution is 0.305. The van der Waals surface area contributed by atoms with Crippen molar-refractivity contribution in [1.29, 1.82) is 5.26 Å². The van der Waals surface area contributed by atoms with Crippen LogP contribution in [-0.2, 0) is 25.7 Å². The standard InChI is InChI=1S/C33H33F2NO/c1-2-3-4-5-20-37-30-17-10-24(11-18-30)6-7-25-12-19-31-28(21-25)16-15-27(33(31)35)13-8-26-9-14-29(23-36)32(34)22-26/h9-12,14-19,21-22H,2-8,13,20H2,1H3. The number of unbranched alkanes of at least 4 members (excludes halogenated alkanes) is 3. The topological polar surface area (TPSA) is 33.0 Å². The van der Waals surface area contributed by atoms with E-state index in [2.05, 4.69) is 25.1 Å². The van der Waals surface area contributed by atoms with Crippen LogP contribution in [0.3, 0.4) is 0 Å². The number of halogens is 2. The summed E-state index contributed by atoms with van der Waals surface area (Å²) in [7, 11) is 0. The van der Waals surface area contributed by atoms with E-state index in [1.807, 2.05) is 42.5 Å². The van der Waals surface area contributed by atoms with Gasteiger partial charge in [-0.3, -0.25) is 0 Å². The maximum absolute atomic E-state index is 15.2. The number of aryl methyl sites for hydroxylation is 4. The van der Waals surface area contributed by atoms with Gasteiger partial charge in [0.05, 0.1) is 12.2 Å². The smallest absolute Gasteiger partial charge is 0.141 e. The van der Waals surface area contributed by atoms with E-state index in [0.717, 1.165) is 42.6 Å². The molecule has 0 unspecified atom stereocenters. The molecule has 0 N–H and O–H groups in total. The molecule has 4 rings (SSSR count). The van der Waals surface area contributed by atoms with Crippen LogP contribution in [0.2, 0.25) is 0 Å². The molecule has 0 spiro atoms. The molecule has 4 aromatic carbocycles. The molecule has 0 saturated carbocycles. The van der Waals surface area contributed by atoms with Crippen LogP contribution in [0.15, 0.2) is 72.8 Å². The molecule has 0 bridgehead atoms. The normalized spacial score (nSPS) is 11.0. The molecular formula is C33H33F2NO. The highest BCUT2D eigenvalue weighted by Crippen LogP contribution is 2.25. The van der Waals surface area contributed by atoms with Crippen LogP contribution in [0, 0.1) is 23.0 Å². The second-order valence-electron chi connectivity index (χ2n) is 9.57. The van der Waals surface area contributed by atoms with E-state index in [9.17, 15) is 4.39 Å². The summed E-state index contributed by atoms with van der Waals surface area (Å²) in [5, 5.41) is 10.4. The fourth-order valence-electron chi connectivity index (χ4n) is 4.58. The molecule has 0 fully saturated rings. The minimum absolute atomic E-state index is 0.0237. The Morgan fingerprint density at radius 1 is 0.730 bits per heavy atom. The van der Waals surface area contributed by atoms with E-state index < -0.39 is 5.82 Å². The first kappa shape index (κ1) is 26.4. The van der Waals surface area contributed by atoms with Gasteiger partial charge in [0.1, 0.15) is 23.5 Å². The molecule has 0 heterocycles. The largest absolute Gasteiger partial charge is 0.494 e. The molecule has 0 aromatic heterocycles. The summed E-state index contributed by atoms with van der Waals surface area (Å²) >= 11 is 0. The Hall–Kier alpha value is -3.71. The molecule has 4 aromatic rings. The van der Waals surface area contributed by atoms with Crippen molar-refractivity contribution in [3.05, 3.63) is 112 Å². The molecule has 4 heteroatoms. The minimum atomic E-state index is -0.534. The van der Waals surface area contributed by atoms with Gasteiger partial charge in [-0.25, -0.2) is 8.78 Å². The van der Waals surface area contributed by atoms with Crippen molar-refractivity contribution in [2.24, 2.45) is 0 Å². The number of hydrogen-bond acceptors (Lipinski definition) is 2. The number of ether oxygens (including phenoxy) is 1. The van der Waals surface area contributed by atoms with Gasteiger partial charge >= 0.3 is 0 Å². The third-order valence-corrected chi connectivity index (χ3v) is 6.83. The summed E-state index contributed by atoms with van der Waals surface area (Å²) in [5.41, 5.74) is 3.80. The van der Waals surface area contributed by atoms with Gasteiger partial charge in [0.2, 0.25) is 0 Å². The molecule has 37 heavy (non-hydrogen) atoms. The second-order valence-corrected chi connectivity index (χ2v) is 9.57. The average molecular weight is 498 g/mol. The molecule has 2 nitrogen and oxygen atoms in total. The van der Waals surface area contributed by atoms with Crippen molar-refractivity contribution < 1.29 is 13.5 Å². The predicted octanol–water partition coefficient (Wildman–Crippen LogP) is 8.52. The van der Waals surface area contributed by atoms with Crippen molar-refractivity contribution >= 4 is 10.8 Å². The number of rotatable bonds is 12. The first-order valence-electron chi connectivity index (χ1n) is 13.2. The van der Waals surface area contributed by atoms with Crippen molar-refractivity contribution in [2.75, 3.05) is 6.61 Å². The average Bonchev–Trinajstić information content (AvgIpc) is 2.92. The highest BCUT2D eigenvalue weighted by molar-refractivity contribution is 5.84. The fraction of sp³-hybridized carbons (Fsp3) is 0.303. The lowest BCUT2D eigenvalue weighted by Gasteiger charge is -2.10. The Balaban J connectivity index is 1.33. The number of nitriles is 1. The summed E-state index contributed by atoms with van der Waals surface area (Å²) in [6.07, 6.45) is 7.55. The van der Waals surface area contributed by atoms with Gasteiger partial charge < -0.3 is 4.74 Å². The third-order valence-electron chi connectivity index (χ3n) is 6.83. The van der Waals surface area contributed by atoms with E-state index in [-0.39, 0.29) is 11.4 Å². The quantitative estimate of drug-likeness (QED) is 0.184. The zero-order valence-corrected chi connectivity index (χ0v) is 21.4. The predicted molar refractivity (Wildman–Crippen MR) is 146 cm³/mol. The summed E-state index contributed by atoms with van der Waals surface area (Å²) in [5.74, 6) is 0.165. The van der Waals surface area contributed by atoms with Gasteiger partial charge in [0, 0.05) is 5.39 Å². The van der Waals surface area contributed by atoms with Crippen molar-refractivity contribution in [3.63, 3.8) is 0 Å². The molecule has 0 atom stereocenters. The molecule has 0 aliphatic carbocycles. The van der Waals surface area contributed by atoms with Crippen molar-refractivity contribution in [2.45, 2.75) is 58.3 Å². The van der Waals surface area contributed by atoms with Crippen LogP contribution < -0.4 is 4.74 Å². The van der Waals surface area contributed by atoms with E-state index in [1.165, 1.54) is 42.5 Å². The van der Waals surface area contributed by atoms with Gasteiger partial charge in [-0.2, -0.15) is 5.26 Å². The molecule has 0 amide bonds. The summed E-state index contributed by atoms with van der Waals surface area (Å²) in [6.45, 7) is 2.97. The molecule has 0 saturated heterocycles. The first-order chi connectivity index (χ1) is 18.1. The molecule has 0 radical (unpaired) electrons. The van der Waals surface area contributed by atoms with E-state index in [0.29, 0.717) is 23.8 Å². The van der Waals surface area contributed by atoms with Crippen LogP contribution in [-0.4, -0.2) is 6.61 Å². The van der Waals surface area contributed by atoms with Crippen molar-refractivity contribution in [3.8, 4) is 11.8 Å². The lowest BCUT2D eigenvalue weighted by atomic mass is 9.97. The highest BCUT2D eigenvalue weighted by Gasteiger charge is 2.10. The molecule has 0 aliphatic heterocycles. The van der Waals surface area contributed by atoms with E-state index in [4.69, 9.17) is 10.00 Å². The summed E-state index contributed by atoms with van der Waals surface area (Å²) in [6, 6.07) is 24.4. The van der Waals surface area contributed by atoms with Gasteiger partial charge in [-0.1, -0.05) is 74.7 Å². The highest BCUT2D eigenvalue weighted by atomic mass is 19.1. The van der Waals surface area contributed by atoms with E-state index in [1.54, 1.807) is 6.07 Å². The van der Waals surface area contributed by atoms with Gasteiger partial charge in [0.15, 0.2) is 0 Å². The lowest BCUT2D eigenvalue weighted by Crippen LogP contribution is -1.98. The molecular weight excluding hydrogens is 464 g/mol. The fourth-order valence-corrected chi connectivity index (χ4v) is 4.58. The van der Waals surface area contributed by atoms with Crippen molar-refractivity contribution in [1.82, 2.24) is 0 Å². The Kier molecular flexibility index (Phi) is 9.27. The van der Waals surface area contributed by atoms with Crippen LogP contribution >= 0.6 is 0 Å². The molecule has 190 valence electrons. The maximum atomic E-state index is 15.2. The number of hydrogen-bond donors (Lipinski definition) is 0. The Bertz CT molecular complexity index is 1370. The Morgan fingerprint density at radius 3 is 2.19 bits per heavy atom. The SMILES string of the molecule is CCCCCCOc1ccc(CCc2ccc3c(F)c(CCc4ccc(C#N)c(F)c4)ccc3c2)cc1. The van der Waals surface area contributed by atoms with E-state index >= 15 is 4.39 Å². The number of benzene rings is 4. The zero-order valence-electron chi connectivity index (χ0n) is 21.4. The Labute approximate surface area is 218 Å². The summed E-state index contributed by atoms with van der Waals surface area (Å²) < 4.78 is 34.9. The van der Waals surface area contributed by atoms with Gasteiger partial charge in [0.25, 0.3) is 0 Å². The van der Waals surface area contributed by atoms with Gasteiger partial charge in [-0.15, -0.1) is 0 Å². The first-order valence-corrected chi connectivity index (χ1v) is 13.2. The van der Waals surface area contributed by atoms with Crippen LogP contribution in [0.25, 0.3) is 10.8 Å². The van der Waals surface area contributed by atoms with Crippen LogP contribution in [0.1, 0.15) is 60.4 Å². The maximum Gasteiger partial charge on any atom is 0.141 e. The van der Waals surface area contributed by atoms with Crippen LogP contribution in [0.4, 0.5) is 8.78 Å². The Morgan fingerprint density at radius 2 is 1.43 bits per heavy atom.